The van der Waals surface area contributed by atoms with E-state index in [1.165, 1.54) is 16.4 Å². The first kappa shape index (κ1) is 17.7. The van der Waals surface area contributed by atoms with E-state index in [9.17, 15) is 18.3 Å². The van der Waals surface area contributed by atoms with Crippen LogP contribution in [-0.4, -0.2) is 57.2 Å². The quantitative estimate of drug-likeness (QED) is 0.748. The number of nitrogens with zero attached hydrogens (tertiary/aromatic N) is 1. The third kappa shape index (κ3) is 3.82. The number of hydrogen-bond acceptors (Lipinski definition) is 5. The van der Waals surface area contributed by atoms with Gasteiger partial charge in [0.1, 0.15) is 12.4 Å². The van der Waals surface area contributed by atoms with Crippen LogP contribution in [0.15, 0.2) is 29.2 Å². The van der Waals surface area contributed by atoms with E-state index in [4.69, 9.17) is 9.47 Å². The van der Waals surface area contributed by atoms with E-state index in [0.29, 0.717) is 25.4 Å². The molecule has 1 aromatic carbocycles. The van der Waals surface area contributed by atoms with Gasteiger partial charge in [-0.2, -0.15) is 4.31 Å². The minimum atomic E-state index is -3.70. The maximum Gasteiger partial charge on any atom is 0.310 e. The second-order valence-corrected chi connectivity index (χ2v) is 7.71. The highest BCUT2D eigenvalue weighted by molar-refractivity contribution is 7.89. The Morgan fingerprint density at radius 1 is 1.30 bits per heavy atom. The van der Waals surface area contributed by atoms with Gasteiger partial charge in [-0.25, -0.2) is 8.42 Å². The number of hydrogen-bond donors (Lipinski definition) is 1. The van der Waals surface area contributed by atoms with Crippen molar-refractivity contribution in [2.24, 2.45) is 5.41 Å². The van der Waals surface area contributed by atoms with Gasteiger partial charge in [-0.15, -0.1) is 0 Å². The van der Waals surface area contributed by atoms with Gasteiger partial charge in [0.2, 0.25) is 10.0 Å². The van der Waals surface area contributed by atoms with Gasteiger partial charge in [-0.3, -0.25) is 4.79 Å². The van der Waals surface area contributed by atoms with Crippen molar-refractivity contribution in [1.82, 2.24) is 4.31 Å². The molecule has 0 bridgehead atoms. The summed E-state index contributed by atoms with van der Waals surface area (Å²) >= 11 is 0. The lowest BCUT2D eigenvalue weighted by atomic mass is 9.90. The van der Waals surface area contributed by atoms with Crippen LogP contribution in [0.1, 0.15) is 13.3 Å². The average molecular weight is 343 g/mol. The largest absolute Gasteiger partial charge is 0.491 e. The molecule has 0 spiro atoms. The first-order valence-corrected chi connectivity index (χ1v) is 8.69. The number of aliphatic carboxylic acids is 1. The van der Waals surface area contributed by atoms with Gasteiger partial charge in [0.25, 0.3) is 0 Å². The van der Waals surface area contributed by atoms with Gasteiger partial charge in [0.05, 0.1) is 16.9 Å². The normalized spacial score (nSPS) is 22.2. The molecule has 2 rings (SSSR count). The number of carboxylic acid groups (broad SMARTS) is 1. The maximum absolute atomic E-state index is 12.6. The van der Waals surface area contributed by atoms with E-state index in [-0.39, 0.29) is 18.0 Å². The molecule has 1 atom stereocenters. The topological polar surface area (TPSA) is 93.1 Å². The Balaban J connectivity index is 2.10. The van der Waals surface area contributed by atoms with Crippen LogP contribution in [0.3, 0.4) is 0 Å². The molecule has 0 saturated carbocycles. The third-order valence-electron chi connectivity index (χ3n) is 3.97. The SMILES string of the molecule is COCCOc1ccc(S(=O)(=O)N2CCC(C)(C(=O)O)C2)cc1. The molecule has 23 heavy (non-hydrogen) atoms. The van der Waals surface area contributed by atoms with E-state index in [2.05, 4.69) is 0 Å². The fourth-order valence-electron chi connectivity index (χ4n) is 2.40. The Kier molecular flexibility index (Phi) is 5.28. The Morgan fingerprint density at radius 3 is 2.48 bits per heavy atom. The van der Waals surface area contributed by atoms with Gasteiger partial charge in [0.15, 0.2) is 0 Å². The molecule has 0 aromatic heterocycles. The lowest BCUT2D eigenvalue weighted by Crippen LogP contribution is -2.34. The van der Waals surface area contributed by atoms with Crippen molar-refractivity contribution in [2.45, 2.75) is 18.2 Å². The molecule has 1 aliphatic heterocycles. The fraction of sp³-hybridized carbons (Fsp3) is 0.533. The van der Waals surface area contributed by atoms with Crippen molar-refractivity contribution < 1.29 is 27.8 Å². The zero-order valence-electron chi connectivity index (χ0n) is 13.2. The van der Waals surface area contributed by atoms with Crippen LogP contribution in [0.25, 0.3) is 0 Å². The summed E-state index contributed by atoms with van der Waals surface area (Å²) in [4.78, 5) is 11.4. The molecule has 1 aliphatic rings. The molecular formula is C15H21NO6S. The van der Waals surface area contributed by atoms with E-state index in [0.717, 1.165) is 0 Å². The number of carbonyl (C=O) groups is 1. The summed E-state index contributed by atoms with van der Waals surface area (Å²) in [5, 5.41) is 9.22. The molecule has 8 heteroatoms. The van der Waals surface area contributed by atoms with E-state index >= 15 is 0 Å². The third-order valence-corrected chi connectivity index (χ3v) is 5.83. The monoisotopic (exact) mass is 343 g/mol. The van der Waals surface area contributed by atoms with Crippen molar-refractivity contribution in [1.29, 1.82) is 0 Å². The maximum atomic E-state index is 12.6. The number of rotatable bonds is 7. The fourth-order valence-corrected chi connectivity index (χ4v) is 3.96. The van der Waals surface area contributed by atoms with Crippen molar-refractivity contribution in [3.63, 3.8) is 0 Å². The molecule has 0 radical (unpaired) electrons. The highest BCUT2D eigenvalue weighted by Crippen LogP contribution is 2.33. The Hall–Kier alpha value is -1.64. The molecule has 1 aromatic rings. The lowest BCUT2D eigenvalue weighted by molar-refractivity contribution is -0.146. The van der Waals surface area contributed by atoms with Crippen LogP contribution in [0, 0.1) is 5.41 Å². The smallest absolute Gasteiger partial charge is 0.310 e. The molecular weight excluding hydrogens is 322 g/mol. The highest BCUT2D eigenvalue weighted by Gasteiger charge is 2.44. The second kappa shape index (κ2) is 6.86. The Labute approximate surface area is 135 Å². The zero-order chi connectivity index (χ0) is 17.1. The Morgan fingerprint density at radius 2 is 1.96 bits per heavy atom. The van der Waals surface area contributed by atoms with Crippen molar-refractivity contribution >= 4 is 16.0 Å². The van der Waals surface area contributed by atoms with Crippen LogP contribution >= 0.6 is 0 Å². The average Bonchev–Trinajstić information content (AvgIpc) is 2.93. The van der Waals surface area contributed by atoms with Crippen LogP contribution in [0.2, 0.25) is 0 Å². The summed E-state index contributed by atoms with van der Waals surface area (Å²) < 4.78 is 36.7. The number of carboxylic acids is 1. The van der Waals surface area contributed by atoms with Gasteiger partial charge in [0, 0.05) is 20.2 Å². The predicted molar refractivity (Wildman–Crippen MR) is 82.9 cm³/mol. The van der Waals surface area contributed by atoms with Gasteiger partial charge in [-0.1, -0.05) is 0 Å². The molecule has 0 amide bonds. The zero-order valence-corrected chi connectivity index (χ0v) is 14.0. The van der Waals surface area contributed by atoms with Crippen LogP contribution < -0.4 is 4.74 Å². The van der Waals surface area contributed by atoms with Gasteiger partial charge >= 0.3 is 5.97 Å². The Bertz CT molecular complexity index is 657. The van der Waals surface area contributed by atoms with Crippen LogP contribution in [0.4, 0.5) is 0 Å². The summed E-state index contributed by atoms with van der Waals surface area (Å²) in [6.45, 7) is 2.58. The van der Waals surface area contributed by atoms with E-state index < -0.39 is 21.4 Å². The molecule has 1 N–H and O–H groups in total. The molecule has 1 unspecified atom stereocenters. The molecule has 1 fully saturated rings. The second-order valence-electron chi connectivity index (χ2n) is 5.77. The van der Waals surface area contributed by atoms with Crippen molar-refractivity contribution in [2.75, 3.05) is 33.4 Å². The summed E-state index contributed by atoms with van der Waals surface area (Å²) in [6.07, 6.45) is 0.305. The van der Waals surface area contributed by atoms with E-state index in [1.807, 2.05) is 0 Å². The number of benzene rings is 1. The molecule has 1 saturated heterocycles. The lowest BCUT2D eigenvalue weighted by Gasteiger charge is -2.20. The molecule has 7 nitrogen and oxygen atoms in total. The number of ether oxygens (including phenoxy) is 2. The minimum Gasteiger partial charge on any atom is -0.491 e. The van der Waals surface area contributed by atoms with Crippen LogP contribution in [0.5, 0.6) is 5.75 Å². The molecule has 1 heterocycles. The summed E-state index contributed by atoms with van der Waals surface area (Å²) in [7, 11) is -2.13. The number of methoxy groups -OCH3 is 1. The highest BCUT2D eigenvalue weighted by atomic mass is 32.2. The first-order valence-electron chi connectivity index (χ1n) is 7.25. The number of sulfonamides is 1. The van der Waals surface area contributed by atoms with Gasteiger partial charge in [-0.05, 0) is 37.6 Å². The molecule has 128 valence electrons. The van der Waals surface area contributed by atoms with Gasteiger partial charge < -0.3 is 14.6 Å². The van der Waals surface area contributed by atoms with Crippen LogP contribution in [-0.2, 0) is 19.6 Å². The van der Waals surface area contributed by atoms with Crippen molar-refractivity contribution in [3.05, 3.63) is 24.3 Å². The summed E-state index contributed by atoms with van der Waals surface area (Å²) in [6, 6.07) is 6.09. The minimum absolute atomic E-state index is 0.0171. The summed E-state index contributed by atoms with van der Waals surface area (Å²) in [5.41, 5.74) is -1.03. The standard InChI is InChI=1S/C15H21NO6S/c1-15(14(17)18)7-8-16(11-15)23(19,20)13-5-3-12(4-6-13)22-10-9-21-2/h3-6H,7-11H2,1-2H3,(H,17,18). The van der Waals surface area contributed by atoms with E-state index in [1.54, 1.807) is 26.2 Å². The summed E-state index contributed by atoms with van der Waals surface area (Å²) in [5.74, 6) is -0.421. The van der Waals surface area contributed by atoms with Crippen molar-refractivity contribution in [3.8, 4) is 5.75 Å². The first-order chi connectivity index (χ1) is 10.8. The predicted octanol–water partition coefficient (Wildman–Crippen LogP) is 1.20. The molecule has 0 aliphatic carbocycles.